The Kier molecular flexibility index (Phi) is 5.58. The number of aromatic nitrogens is 2. The zero-order valence-corrected chi connectivity index (χ0v) is 18.1. The number of rotatable bonds is 5. The normalized spacial score (nSPS) is 20.5. The number of aldehydes is 1. The minimum atomic E-state index is -4.80. The van der Waals surface area contributed by atoms with Gasteiger partial charge in [-0.1, -0.05) is 17.9 Å². The van der Waals surface area contributed by atoms with Gasteiger partial charge < -0.3 is 20.3 Å². The summed E-state index contributed by atoms with van der Waals surface area (Å²) in [6.07, 6.45) is -3.32. The smallest absolute Gasteiger partial charge is 0.371 e. The van der Waals surface area contributed by atoms with Crippen molar-refractivity contribution in [3.8, 4) is 23.2 Å². The molecule has 2 bridgehead atoms. The highest BCUT2D eigenvalue weighted by atomic mass is 19.4. The highest BCUT2D eigenvalue weighted by Crippen LogP contribution is 2.54. The molecule has 2 aliphatic heterocycles. The molecule has 1 amide bonds. The third kappa shape index (κ3) is 4.14. The van der Waals surface area contributed by atoms with E-state index in [1.165, 1.54) is 0 Å². The number of hydrogen-bond acceptors (Lipinski definition) is 5. The molecule has 174 valence electrons. The van der Waals surface area contributed by atoms with Gasteiger partial charge in [0, 0.05) is 30.1 Å². The molecule has 2 aromatic rings. The Morgan fingerprint density at radius 2 is 2.06 bits per heavy atom. The van der Waals surface area contributed by atoms with Crippen molar-refractivity contribution in [2.45, 2.75) is 43.0 Å². The van der Waals surface area contributed by atoms with Crippen LogP contribution in [0.2, 0.25) is 0 Å². The summed E-state index contributed by atoms with van der Waals surface area (Å²) in [6, 6.07) is 4.63. The zero-order valence-electron chi connectivity index (χ0n) is 18.1. The molecule has 0 unspecified atom stereocenters. The number of nitrogens with zero attached hydrogens (tertiary/aromatic N) is 3. The molecule has 1 aromatic heterocycles. The molecule has 3 N–H and O–H groups in total. The molecule has 10 heteroatoms. The van der Waals surface area contributed by atoms with Crippen LogP contribution < -0.4 is 5.73 Å². The Morgan fingerprint density at radius 3 is 2.64 bits per heavy atom. The van der Waals surface area contributed by atoms with Crippen LogP contribution >= 0.6 is 0 Å². The Balaban J connectivity index is 1.82. The average Bonchev–Trinajstić information content (AvgIpc) is 3.01. The Hall–Kier alpha value is -3.16. The van der Waals surface area contributed by atoms with Crippen LogP contribution in [0.3, 0.4) is 0 Å². The maximum atomic E-state index is 13.9. The van der Waals surface area contributed by atoms with Crippen molar-refractivity contribution >= 4 is 12.2 Å². The van der Waals surface area contributed by atoms with Gasteiger partial charge in [0.1, 0.15) is 5.82 Å². The lowest BCUT2D eigenvalue weighted by molar-refractivity contribution is -0.145. The zero-order chi connectivity index (χ0) is 24.1. The highest BCUT2D eigenvalue weighted by Gasteiger charge is 2.48. The molecule has 0 saturated heterocycles. The molecule has 0 spiro atoms. The van der Waals surface area contributed by atoms with Crippen LogP contribution in [0.4, 0.5) is 13.2 Å². The summed E-state index contributed by atoms with van der Waals surface area (Å²) in [5.74, 6) is 4.19. The number of nitrogens with two attached hydrogens (primary N) is 1. The van der Waals surface area contributed by atoms with Crippen molar-refractivity contribution in [1.82, 2.24) is 14.5 Å². The number of aliphatic hydroxyl groups is 1. The summed E-state index contributed by atoms with van der Waals surface area (Å²) < 4.78 is 42.7. The molecule has 1 aromatic carbocycles. The minimum Gasteiger partial charge on any atom is -0.371 e. The summed E-state index contributed by atoms with van der Waals surface area (Å²) >= 11 is 0. The van der Waals surface area contributed by atoms with Gasteiger partial charge >= 0.3 is 6.18 Å². The number of carbonyl (C=O) groups is 2. The average molecular weight is 460 g/mol. The van der Waals surface area contributed by atoms with Crippen molar-refractivity contribution < 1.29 is 27.9 Å². The topological polar surface area (TPSA) is 101 Å². The molecule has 1 aliphatic carbocycles. The van der Waals surface area contributed by atoms with Crippen molar-refractivity contribution in [1.29, 1.82) is 0 Å². The van der Waals surface area contributed by atoms with Gasteiger partial charge in [0.05, 0.1) is 0 Å². The van der Waals surface area contributed by atoms with E-state index in [9.17, 15) is 27.9 Å². The fraction of sp³-hybridized carbons (Fsp3) is 0.435. The van der Waals surface area contributed by atoms with Crippen LogP contribution in [0.5, 0.6) is 0 Å². The monoisotopic (exact) mass is 460 g/mol. The molecule has 1 atom stereocenters. The van der Waals surface area contributed by atoms with Gasteiger partial charge in [0.2, 0.25) is 0 Å². The van der Waals surface area contributed by atoms with Gasteiger partial charge in [-0.3, -0.25) is 9.59 Å². The third-order valence-corrected chi connectivity index (χ3v) is 6.18. The van der Waals surface area contributed by atoms with E-state index in [1.54, 1.807) is 37.2 Å². The standard InChI is InChI=1S/C23H23F3N4O3/c1-29(2)8-7-22(33,12-31)6-5-13-3-4-16-14-10-15(11-14)30-19(23(24,25)26)18(20(27)32)28-21(30)17(16)9-13/h3-4,9,12,14-15,33H,7-8,10-11H2,1-2H3,(H2,27,32)/t14?,15?,22-/m0/s1. The largest absolute Gasteiger partial charge is 0.433 e. The van der Waals surface area contributed by atoms with Crippen molar-refractivity contribution in [2.24, 2.45) is 5.73 Å². The van der Waals surface area contributed by atoms with E-state index < -0.39 is 35.1 Å². The summed E-state index contributed by atoms with van der Waals surface area (Å²) in [5.41, 5.74) is 3.12. The van der Waals surface area contributed by atoms with Crippen LogP contribution in [0.25, 0.3) is 11.4 Å². The first-order chi connectivity index (χ1) is 15.4. The Morgan fingerprint density at radius 1 is 1.36 bits per heavy atom. The summed E-state index contributed by atoms with van der Waals surface area (Å²) in [4.78, 5) is 29.0. The van der Waals surface area contributed by atoms with Gasteiger partial charge in [-0.2, -0.15) is 13.2 Å². The molecule has 3 heterocycles. The van der Waals surface area contributed by atoms with E-state index in [0.717, 1.165) is 10.1 Å². The Labute approximate surface area is 188 Å². The van der Waals surface area contributed by atoms with Gasteiger partial charge in [0.25, 0.3) is 5.91 Å². The maximum Gasteiger partial charge on any atom is 0.433 e. The first kappa shape index (κ1) is 23.0. The first-order valence-corrected chi connectivity index (χ1v) is 10.4. The summed E-state index contributed by atoms with van der Waals surface area (Å²) in [7, 11) is 3.60. The lowest BCUT2D eigenvalue weighted by atomic mass is 9.75. The number of amides is 1. The number of benzene rings is 1. The molecule has 1 saturated carbocycles. The molecule has 5 rings (SSSR count). The van der Waals surface area contributed by atoms with E-state index in [-0.39, 0.29) is 18.2 Å². The molecule has 3 aliphatic rings. The minimum absolute atomic E-state index is 0.0260. The quantitative estimate of drug-likeness (QED) is 0.527. The number of hydrogen-bond donors (Lipinski definition) is 2. The van der Waals surface area contributed by atoms with Crippen LogP contribution in [0.15, 0.2) is 18.2 Å². The fourth-order valence-electron chi connectivity index (χ4n) is 4.38. The third-order valence-electron chi connectivity index (χ3n) is 6.18. The highest BCUT2D eigenvalue weighted by molar-refractivity contribution is 5.93. The summed E-state index contributed by atoms with van der Waals surface area (Å²) in [6.45, 7) is 0.435. The van der Waals surface area contributed by atoms with E-state index in [0.29, 0.717) is 36.8 Å². The van der Waals surface area contributed by atoms with Crippen molar-refractivity contribution in [2.75, 3.05) is 20.6 Å². The van der Waals surface area contributed by atoms with Gasteiger partial charge in [-0.15, -0.1) is 0 Å². The van der Waals surface area contributed by atoms with Crippen LogP contribution in [-0.4, -0.2) is 58.0 Å². The fourth-order valence-corrected chi connectivity index (χ4v) is 4.38. The van der Waals surface area contributed by atoms with Crippen LogP contribution in [0, 0.1) is 11.8 Å². The molecular formula is C23H23F3N4O3. The second-order valence-corrected chi connectivity index (χ2v) is 8.83. The SMILES string of the molecule is CN(C)CC[C@@](O)(C#Cc1ccc2c(c1)-c1nc(C(N)=O)c(C(F)(F)F)n1C1CC2C1)C=O. The predicted molar refractivity (Wildman–Crippen MR) is 113 cm³/mol. The second-order valence-electron chi connectivity index (χ2n) is 8.83. The van der Waals surface area contributed by atoms with Gasteiger partial charge in [-0.05, 0) is 50.6 Å². The van der Waals surface area contributed by atoms with Crippen molar-refractivity contribution in [3.05, 3.63) is 40.7 Å². The number of carbonyl (C=O) groups excluding carboxylic acids is 2. The maximum absolute atomic E-state index is 13.9. The van der Waals surface area contributed by atoms with E-state index in [1.807, 2.05) is 0 Å². The number of imidazole rings is 1. The second kappa shape index (κ2) is 8.01. The molecule has 1 fully saturated rings. The lowest BCUT2D eigenvalue weighted by Gasteiger charge is -2.35. The van der Waals surface area contributed by atoms with Crippen LogP contribution in [0.1, 0.15) is 58.5 Å². The van der Waals surface area contributed by atoms with E-state index in [4.69, 9.17) is 5.73 Å². The van der Waals surface area contributed by atoms with Gasteiger partial charge in [0.15, 0.2) is 23.3 Å². The van der Waals surface area contributed by atoms with Gasteiger partial charge in [-0.25, -0.2) is 4.98 Å². The number of alkyl halides is 3. The summed E-state index contributed by atoms with van der Waals surface area (Å²) in [5, 5.41) is 10.4. The molecule has 33 heavy (non-hydrogen) atoms. The Bertz CT molecular complexity index is 1190. The van der Waals surface area contributed by atoms with Crippen LogP contribution in [-0.2, 0) is 11.0 Å². The number of halogens is 3. The number of primary amides is 1. The molecular weight excluding hydrogens is 437 g/mol. The van der Waals surface area contributed by atoms with E-state index in [2.05, 4.69) is 16.8 Å². The van der Waals surface area contributed by atoms with Crippen molar-refractivity contribution in [3.63, 3.8) is 0 Å². The lowest BCUT2D eigenvalue weighted by Crippen LogP contribution is -2.33. The van der Waals surface area contributed by atoms with E-state index >= 15 is 0 Å². The predicted octanol–water partition coefficient (Wildman–Crippen LogP) is 2.33. The molecule has 7 nitrogen and oxygen atoms in total. The first-order valence-electron chi connectivity index (χ1n) is 10.4. The molecule has 0 radical (unpaired) electrons.